The van der Waals surface area contributed by atoms with Crippen molar-refractivity contribution in [3.8, 4) is 17.0 Å². The summed E-state index contributed by atoms with van der Waals surface area (Å²) in [6.45, 7) is 3.35. The molecule has 5 rings (SSSR count). The van der Waals surface area contributed by atoms with Crippen LogP contribution in [0.1, 0.15) is 13.3 Å². The highest BCUT2D eigenvalue weighted by molar-refractivity contribution is 5.84. The van der Waals surface area contributed by atoms with Gasteiger partial charge in [0.05, 0.1) is 12.2 Å². The highest BCUT2D eigenvalue weighted by Gasteiger charge is 2.39. The van der Waals surface area contributed by atoms with Gasteiger partial charge in [0.1, 0.15) is 12.7 Å². The van der Waals surface area contributed by atoms with Crippen LogP contribution < -0.4 is 15.4 Å². The van der Waals surface area contributed by atoms with Crippen LogP contribution in [-0.4, -0.2) is 70.6 Å². The van der Waals surface area contributed by atoms with Gasteiger partial charge < -0.3 is 30.4 Å². The molecular weight excluding hydrogens is 434 g/mol. The number of benzene rings is 1. The van der Waals surface area contributed by atoms with Gasteiger partial charge in [0.25, 0.3) is 5.91 Å². The Balaban J connectivity index is 1.57. The Morgan fingerprint density at radius 2 is 2.26 bits per heavy atom. The monoisotopic (exact) mass is 461 g/mol. The number of rotatable bonds is 4. The van der Waals surface area contributed by atoms with E-state index in [1.54, 1.807) is 30.0 Å². The molecule has 4 bridgehead atoms. The molecule has 0 unspecified atom stereocenters. The lowest BCUT2D eigenvalue weighted by Gasteiger charge is -2.25. The zero-order valence-corrected chi connectivity index (χ0v) is 19.1. The zero-order chi connectivity index (χ0) is 23.7. The molecule has 0 spiro atoms. The van der Waals surface area contributed by atoms with Crippen molar-refractivity contribution >= 4 is 29.1 Å². The number of hydrogen-bond acceptors (Lipinski definition) is 8. The first-order chi connectivity index (χ1) is 16.6. The van der Waals surface area contributed by atoms with E-state index in [0.29, 0.717) is 37.6 Å². The Kier molecular flexibility index (Phi) is 5.89. The van der Waals surface area contributed by atoms with Crippen molar-refractivity contribution in [2.45, 2.75) is 25.5 Å². The maximum atomic E-state index is 12.8. The first-order valence-electron chi connectivity index (χ1n) is 11.2. The molecule has 1 saturated heterocycles. The van der Waals surface area contributed by atoms with Crippen LogP contribution in [-0.2, 0) is 9.53 Å². The molecule has 1 aromatic carbocycles. The minimum atomic E-state index is -0.455. The first kappa shape index (κ1) is 21.9. The predicted molar refractivity (Wildman–Crippen MR) is 129 cm³/mol. The summed E-state index contributed by atoms with van der Waals surface area (Å²) in [5.41, 5.74) is 5.10. The lowest BCUT2D eigenvalue weighted by molar-refractivity contribution is -0.136. The molecule has 176 valence electrons. The van der Waals surface area contributed by atoms with E-state index in [1.807, 2.05) is 36.2 Å². The molecular formula is C24H27N7O3. The van der Waals surface area contributed by atoms with Gasteiger partial charge in [0.2, 0.25) is 5.88 Å². The average Bonchev–Trinajstić information content (AvgIpc) is 3.38. The minimum absolute atomic E-state index is 0.0185. The second kappa shape index (κ2) is 9.14. The van der Waals surface area contributed by atoms with Crippen LogP contribution in [0.3, 0.4) is 0 Å². The molecule has 34 heavy (non-hydrogen) atoms. The van der Waals surface area contributed by atoms with Gasteiger partial charge in [-0.1, -0.05) is 0 Å². The molecule has 3 N–H and O–H groups in total. The molecule has 2 aliphatic heterocycles. The summed E-state index contributed by atoms with van der Waals surface area (Å²) in [7, 11) is 1.57. The Hall–Kier alpha value is -3.92. The standard InChI is InChI=1S/C24H27N7O3/c1-15(3-5-25)28-18-10-16-9-17(11-18)26-6-8-30-19(12-21(33-2)24(30)32)14-34-22-4-7-31-23(29-22)20(16)13-27-31/h3-5,7,9-11,13,19,21,25-26,28H,6,8,12,14H2,1-2H3/b15-3-,25-5?/t19-,21+/m0/s1. The largest absolute Gasteiger partial charge is 0.475 e. The first-order valence-corrected chi connectivity index (χ1v) is 11.2. The van der Waals surface area contributed by atoms with Gasteiger partial charge in [-0.15, -0.1) is 0 Å². The molecule has 10 heteroatoms. The number of anilines is 2. The van der Waals surface area contributed by atoms with Crippen molar-refractivity contribution < 1.29 is 14.3 Å². The Bertz CT molecular complexity index is 1270. The topological polar surface area (TPSA) is 117 Å². The van der Waals surface area contributed by atoms with E-state index in [-0.39, 0.29) is 11.9 Å². The van der Waals surface area contributed by atoms with Crippen LogP contribution in [0.25, 0.3) is 16.8 Å². The van der Waals surface area contributed by atoms with Crippen molar-refractivity contribution in [3.05, 3.63) is 48.4 Å². The van der Waals surface area contributed by atoms with E-state index < -0.39 is 6.10 Å². The highest BCUT2D eigenvalue weighted by atomic mass is 16.5. The van der Waals surface area contributed by atoms with Gasteiger partial charge in [-0.2, -0.15) is 10.1 Å². The van der Waals surface area contributed by atoms with Crippen LogP contribution in [0, 0.1) is 5.41 Å². The van der Waals surface area contributed by atoms with Crippen molar-refractivity contribution in [1.29, 1.82) is 5.41 Å². The number of nitrogens with one attached hydrogen (secondary N) is 3. The number of ether oxygens (including phenoxy) is 2. The lowest BCUT2D eigenvalue weighted by atomic mass is 10.1. The number of hydrogen-bond donors (Lipinski definition) is 3. The third-order valence-electron chi connectivity index (χ3n) is 6.14. The summed E-state index contributed by atoms with van der Waals surface area (Å²) >= 11 is 0. The van der Waals surface area contributed by atoms with Crippen LogP contribution in [0.2, 0.25) is 0 Å². The minimum Gasteiger partial charge on any atom is -0.475 e. The van der Waals surface area contributed by atoms with Crippen LogP contribution in [0.5, 0.6) is 5.88 Å². The van der Waals surface area contributed by atoms with Gasteiger partial charge in [-0.25, -0.2) is 4.52 Å². The Labute approximate surface area is 197 Å². The third kappa shape index (κ3) is 4.19. The lowest BCUT2D eigenvalue weighted by Crippen LogP contribution is -2.41. The van der Waals surface area contributed by atoms with Crippen molar-refractivity contribution in [1.82, 2.24) is 19.5 Å². The average molecular weight is 462 g/mol. The summed E-state index contributed by atoms with van der Waals surface area (Å²) in [5.74, 6) is 0.465. The summed E-state index contributed by atoms with van der Waals surface area (Å²) in [4.78, 5) is 19.4. The number of fused-ring (bicyclic) bond motifs is 5. The number of nitrogens with zero attached hydrogens (tertiary/aromatic N) is 4. The van der Waals surface area contributed by atoms with Gasteiger partial charge in [0.15, 0.2) is 5.65 Å². The number of aromatic nitrogens is 3. The van der Waals surface area contributed by atoms with Gasteiger partial charge in [-0.05, 0) is 36.8 Å². The van der Waals surface area contributed by atoms with Crippen LogP contribution in [0.15, 0.2) is 48.4 Å². The molecule has 10 nitrogen and oxygen atoms in total. The Morgan fingerprint density at radius 1 is 1.38 bits per heavy atom. The number of allylic oxidation sites excluding steroid dienone is 2. The number of amides is 1. The summed E-state index contributed by atoms with van der Waals surface area (Å²) in [6, 6.07) is 7.75. The summed E-state index contributed by atoms with van der Waals surface area (Å²) in [6.07, 6.45) is 6.68. The fourth-order valence-corrected chi connectivity index (χ4v) is 4.48. The number of methoxy groups -OCH3 is 1. The van der Waals surface area contributed by atoms with E-state index >= 15 is 0 Å². The van der Waals surface area contributed by atoms with Crippen molar-refractivity contribution in [2.75, 3.05) is 37.4 Å². The van der Waals surface area contributed by atoms with E-state index in [1.165, 1.54) is 6.21 Å². The van der Waals surface area contributed by atoms with E-state index in [2.05, 4.69) is 15.7 Å². The van der Waals surface area contributed by atoms with Crippen molar-refractivity contribution in [2.24, 2.45) is 0 Å². The summed E-state index contributed by atoms with van der Waals surface area (Å²) in [5, 5.41) is 18.6. The molecule has 4 heterocycles. The van der Waals surface area contributed by atoms with Gasteiger partial charge >= 0.3 is 0 Å². The predicted octanol–water partition coefficient (Wildman–Crippen LogP) is 2.78. The molecule has 1 fully saturated rings. The fourth-order valence-electron chi connectivity index (χ4n) is 4.48. The SMILES string of the molecule is CO[C@@H]1C[C@H]2COc3ccn4ncc(c4n3)-c3cc(cc(N/C(C)=C\C=N)c3)NCCN2C1=O. The van der Waals surface area contributed by atoms with Gasteiger partial charge in [0, 0.05) is 67.7 Å². The smallest absolute Gasteiger partial charge is 0.252 e. The fraction of sp³-hybridized carbons (Fsp3) is 0.333. The van der Waals surface area contributed by atoms with Crippen molar-refractivity contribution in [3.63, 3.8) is 0 Å². The maximum Gasteiger partial charge on any atom is 0.252 e. The highest BCUT2D eigenvalue weighted by Crippen LogP contribution is 2.31. The van der Waals surface area contributed by atoms with Gasteiger partial charge in [-0.3, -0.25) is 4.79 Å². The van der Waals surface area contributed by atoms with E-state index in [4.69, 9.17) is 19.9 Å². The summed E-state index contributed by atoms with van der Waals surface area (Å²) < 4.78 is 13.2. The second-order valence-electron chi connectivity index (χ2n) is 8.42. The number of carbonyl (C=O) groups excluding carboxylic acids is 1. The third-order valence-corrected chi connectivity index (χ3v) is 6.14. The molecule has 0 aliphatic carbocycles. The molecule has 2 aliphatic rings. The molecule has 1 amide bonds. The zero-order valence-electron chi connectivity index (χ0n) is 19.1. The quantitative estimate of drug-likeness (QED) is 0.512. The van der Waals surface area contributed by atoms with E-state index in [9.17, 15) is 4.79 Å². The van der Waals surface area contributed by atoms with Crippen LogP contribution in [0.4, 0.5) is 11.4 Å². The number of carbonyl (C=O) groups is 1. The molecule has 2 aromatic heterocycles. The molecule has 2 atom stereocenters. The Morgan fingerprint density at radius 3 is 3.09 bits per heavy atom. The normalized spacial score (nSPS) is 20.5. The molecule has 0 radical (unpaired) electrons. The molecule has 0 saturated carbocycles. The molecule has 3 aromatic rings. The van der Waals surface area contributed by atoms with E-state index in [0.717, 1.165) is 28.2 Å². The van der Waals surface area contributed by atoms with Crippen LogP contribution >= 0.6 is 0 Å². The maximum absolute atomic E-state index is 12.8. The second-order valence-corrected chi connectivity index (χ2v) is 8.42.